The number of hydrogen-bond acceptors (Lipinski definition) is 3. The summed E-state index contributed by atoms with van der Waals surface area (Å²) in [6.07, 6.45) is 2.20. The summed E-state index contributed by atoms with van der Waals surface area (Å²) in [5.41, 5.74) is 2.26. The highest BCUT2D eigenvalue weighted by molar-refractivity contribution is 6.30. The van der Waals surface area contributed by atoms with Crippen LogP contribution in [0.5, 0.6) is 0 Å². The van der Waals surface area contributed by atoms with E-state index >= 15 is 0 Å². The summed E-state index contributed by atoms with van der Waals surface area (Å²) in [4.78, 5) is 16.5. The smallest absolute Gasteiger partial charge is 0.251 e. The molecule has 0 fully saturated rings. The van der Waals surface area contributed by atoms with Crippen molar-refractivity contribution in [3.63, 3.8) is 0 Å². The molecule has 0 bridgehead atoms. The van der Waals surface area contributed by atoms with Crippen LogP contribution in [-0.2, 0) is 6.42 Å². The van der Waals surface area contributed by atoms with Crippen molar-refractivity contribution in [3.8, 4) is 0 Å². The molecule has 4 nitrogen and oxygen atoms in total. The quantitative estimate of drug-likeness (QED) is 0.668. The van der Waals surface area contributed by atoms with Crippen LogP contribution in [0.25, 0.3) is 0 Å². The first-order chi connectivity index (χ1) is 12.6. The van der Waals surface area contributed by atoms with Gasteiger partial charge in [0.1, 0.15) is 11.6 Å². The van der Waals surface area contributed by atoms with Crippen LogP contribution in [0.3, 0.4) is 0 Å². The van der Waals surface area contributed by atoms with E-state index in [0.29, 0.717) is 29.4 Å². The van der Waals surface area contributed by atoms with E-state index in [9.17, 15) is 9.18 Å². The zero-order chi connectivity index (χ0) is 18.4. The number of nitrogens with zero attached hydrogens (tertiary/aromatic N) is 1. The Bertz CT molecular complexity index is 900. The first-order valence-electron chi connectivity index (χ1n) is 8.11. The van der Waals surface area contributed by atoms with Gasteiger partial charge in [-0.1, -0.05) is 29.8 Å². The summed E-state index contributed by atoms with van der Waals surface area (Å²) in [7, 11) is 0. The van der Waals surface area contributed by atoms with Crippen LogP contribution in [0.4, 0.5) is 15.9 Å². The number of rotatable bonds is 6. The standard InChI is InChI=1S/C20H17ClFN3O/c21-16-2-1-3-18(13-16)25-19-12-15(9-11-23-19)20(26)24-10-8-14-4-6-17(22)7-5-14/h1-7,9,11-13H,8,10H2,(H,23,25)(H,24,26). The lowest BCUT2D eigenvalue weighted by molar-refractivity contribution is 0.0954. The van der Waals surface area contributed by atoms with Gasteiger partial charge in [0, 0.05) is 29.0 Å². The van der Waals surface area contributed by atoms with Crippen LogP contribution in [0, 0.1) is 5.82 Å². The Morgan fingerprint density at radius 2 is 1.88 bits per heavy atom. The van der Waals surface area contributed by atoms with Crippen LogP contribution in [0.1, 0.15) is 15.9 Å². The van der Waals surface area contributed by atoms with Crippen LogP contribution in [-0.4, -0.2) is 17.4 Å². The van der Waals surface area contributed by atoms with Gasteiger partial charge in [-0.15, -0.1) is 0 Å². The second-order valence-electron chi connectivity index (χ2n) is 5.70. The summed E-state index contributed by atoms with van der Waals surface area (Å²) in [6.45, 7) is 0.462. The van der Waals surface area contributed by atoms with E-state index in [0.717, 1.165) is 11.3 Å². The number of carbonyl (C=O) groups excluding carboxylic acids is 1. The van der Waals surface area contributed by atoms with Gasteiger partial charge in [0.2, 0.25) is 0 Å². The lowest BCUT2D eigenvalue weighted by Crippen LogP contribution is -2.25. The van der Waals surface area contributed by atoms with Crippen molar-refractivity contribution in [2.24, 2.45) is 0 Å². The minimum absolute atomic E-state index is 0.191. The number of nitrogens with one attached hydrogen (secondary N) is 2. The molecule has 0 spiro atoms. The molecular formula is C20H17ClFN3O. The van der Waals surface area contributed by atoms with E-state index in [2.05, 4.69) is 15.6 Å². The van der Waals surface area contributed by atoms with E-state index in [-0.39, 0.29) is 11.7 Å². The number of hydrogen-bond donors (Lipinski definition) is 2. The van der Waals surface area contributed by atoms with Crippen molar-refractivity contribution in [2.45, 2.75) is 6.42 Å². The van der Waals surface area contributed by atoms with Crippen LogP contribution in [0.2, 0.25) is 5.02 Å². The molecule has 0 radical (unpaired) electrons. The minimum atomic E-state index is -0.269. The van der Waals surface area contributed by atoms with Crippen LogP contribution < -0.4 is 10.6 Å². The minimum Gasteiger partial charge on any atom is -0.352 e. The fraction of sp³-hybridized carbons (Fsp3) is 0.100. The molecule has 132 valence electrons. The van der Waals surface area contributed by atoms with Crippen LogP contribution >= 0.6 is 11.6 Å². The predicted molar refractivity (Wildman–Crippen MR) is 101 cm³/mol. The molecule has 0 saturated carbocycles. The third kappa shape index (κ3) is 5.04. The number of pyridine rings is 1. The van der Waals surface area contributed by atoms with Crippen molar-refractivity contribution in [1.82, 2.24) is 10.3 Å². The Labute approximate surface area is 156 Å². The Kier molecular flexibility index (Phi) is 5.81. The number of aromatic nitrogens is 1. The summed E-state index contributed by atoms with van der Waals surface area (Å²) in [6, 6.07) is 16.8. The lowest BCUT2D eigenvalue weighted by Gasteiger charge is -2.09. The molecule has 26 heavy (non-hydrogen) atoms. The second-order valence-corrected chi connectivity index (χ2v) is 6.13. The maximum Gasteiger partial charge on any atom is 0.251 e. The molecule has 2 aromatic carbocycles. The van der Waals surface area contributed by atoms with E-state index in [1.54, 1.807) is 42.6 Å². The fourth-order valence-corrected chi connectivity index (χ4v) is 2.62. The Morgan fingerprint density at radius 3 is 2.65 bits per heavy atom. The zero-order valence-electron chi connectivity index (χ0n) is 13.9. The van der Waals surface area contributed by atoms with Gasteiger partial charge in [-0.3, -0.25) is 4.79 Å². The third-order valence-corrected chi connectivity index (χ3v) is 3.97. The molecule has 3 aromatic rings. The van der Waals surface area contributed by atoms with Crippen molar-refractivity contribution in [2.75, 3.05) is 11.9 Å². The Balaban J connectivity index is 1.58. The molecule has 0 saturated heterocycles. The molecule has 0 aliphatic carbocycles. The van der Waals surface area contributed by atoms with Gasteiger partial charge in [-0.2, -0.15) is 0 Å². The summed E-state index contributed by atoms with van der Waals surface area (Å²) in [5.74, 6) is 0.0939. The van der Waals surface area contributed by atoms with E-state index in [1.165, 1.54) is 12.1 Å². The first-order valence-corrected chi connectivity index (χ1v) is 8.49. The normalized spacial score (nSPS) is 10.4. The number of anilines is 2. The van der Waals surface area contributed by atoms with E-state index < -0.39 is 0 Å². The molecule has 1 aromatic heterocycles. The Morgan fingerprint density at radius 1 is 1.08 bits per heavy atom. The van der Waals surface area contributed by atoms with E-state index in [1.807, 2.05) is 12.1 Å². The SMILES string of the molecule is O=C(NCCc1ccc(F)cc1)c1ccnc(Nc2cccc(Cl)c2)c1. The number of halogens is 2. The molecule has 0 unspecified atom stereocenters. The summed E-state index contributed by atoms with van der Waals surface area (Å²) >= 11 is 5.96. The maximum atomic E-state index is 12.9. The van der Waals surface area contributed by atoms with Crippen molar-refractivity contribution >= 4 is 29.0 Å². The van der Waals surface area contributed by atoms with Gasteiger partial charge in [0.15, 0.2) is 0 Å². The highest BCUT2D eigenvalue weighted by Crippen LogP contribution is 2.19. The average Bonchev–Trinajstić information content (AvgIpc) is 2.63. The van der Waals surface area contributed by atoms with Crippen molar-refractivity contribution in [1.29, 1.82) is 0 Å². The number of benzene rings is 2. The Hall–Kier alpha value is -2.92. The molecule has 6 heteroatoms. The predicted octanol–water partition coefficient (Wildman–Crippen LogP) is 4.59. The molecule has 1 heterocycles. The maximum absolute atomic E-state index is 12.9. The van der Waals surface area contributed by atoms with Crippen molar-refractivity contribution in [3.05, 3.63) is 88.8 Å². The largest absolute Gasteiger partial charge is 0.352 e. The topological polar surface area (TPSA) is 54.0 Å². The molecule has 2 N–H and O–H groups in total. The molecule has 3 rings (SSSR count). The summed E-state index contributed by atoms with van der Waals surface area (Å²) in [5, 5.41) is 6.58. The zero-order valence-corrected chi connectivity index (χ0v) is 14.6. The average molecular weight is 370 g/mol. The second kappa shape index (κ2) is 8.45. The molecule has 1 amide bonds. The van der Waals surface area contributed by atoms with E-state index in [4.69, 9.17) is 11.6 Å². The van der Waals surface area contributed by atoms with Crippen molar-refractivity contribution < 1.29 is 9.18 Å². The number of carbonyl (C=O) groups is 1. The van der Waals surface area contributed by atoms with Gasteiger partial charge in [0.25, 0.3) is 5.91 Å². The highest BCUT2D eigenvalue weighted by atomic mass is 35.5. The van der Waals surface area contributed by atoms with Gasteiger partial charge < -0.3 is 10.6 Å². The molecular weight excluding hydrogens is 353 g/mol. The van der Waals surface area contributed by atoms with Gasteiger partial charge in [0.05, 0.1) is 0 Å². The van der Waals surface area contributed by atoms with Gasteiger partial charge in [-0.05, 0) is 54.4 Å². The number of amides is 1. The monoisotopic (exact) mass is 369 g/mol. The third-order valence-electron chi connectivity index (χ3n) is 3.73. The fourth-order valence-electron chi connectivity index (χ4n) is 2.43. The van der Waals surface area contributed by atoms with Crippen LogP contribution in [0.15, 0.2) is 66.9 Å². The molecule has 0 atom stereocenters. The molecule has 0 aliphatic heterocycles. The first kappa shape index (κ1) is 17.9. The highest BCUT2D eigenvalue weighted by Gasteiger charge is 2.07. The molecule has 0 aliphatic rings. The lowest BCUT2D eigenvalue weighted by atomic mass is 10.1. The van der Waals surface area contributed by atoms with Gasteiger partial charge >= 0.3 is 0 Å². The van der Waals surface area contributed by atoms with Gasteiger partial charge in [-0.25, -0.2) is 9.37 Å². The summed E-state index contributed by atoms with van der Waals surface area (Å²) < 4.78 is 12.9.